The number of carbonyl (C=O) groups is 1. The van der Waals surface area contributed by atoms with Crippen molar-refractivity contribution in [1.82, 2.24) is 0 Å². The molecule has 0 aromatic carbocycles. The minimum atomic E-state index is -0.211. The number of esters is 1. The Morgan fingerprint density at radius 1 is 0.255 bits per heavy atom. The SMILES string of the molecule is CCCCC.CCCCC.CCCCC.CCCCC.CCCCC.CCCCC.CCCCC.CCCCC.CCCCC.CCOC(C)=O. The van der Waals surface area contributed by atoms with Crippen LogP contribution in [-0.4, -0.2) is 12.6 Å². The molecule has 0 saturated carbocycles. The average Bonchev–Trinajstić information content (AvgIpc) is 3.11. The molecule has 0 aliphatic heterocycles. The van der Waals surface area contributed by atoms with Gasteiger partial charge in [-0.05, 0) is 6.92 Å². The first-order chi connectivity index (χ1) is 24.5. The van der Waals surface area contributed by atoms with E-state index in [4.69, 9.17) is 0 Å². The molecule has 0 amide bonds. The summed E-state index contributed by atoms with van der Waals surface area (Å²) in [5, 5.41) is 0. The Balaban J connectivity index is -0.0000000458. The van der Waals surface area contributed by atoms with Gasteiger partial charge >= 0.3 is 5.97 Å². The summed E-state index contributed by atoms with van der Waals surface area (Å²) < 4.78 is 4.40. The summed E-state index contributed by atoms with van der Waals surface area (Å²) in [4.78, 5) is 9.82. The van der Waals surface area contributed by atoms with Crippen LogP contribution in [0.25, 0.3) is 0 Å². The van der Waals surface area contributed by atoms with Gasteiger partial charge in [0.2, 0.25) is 0 Å². The standard InChI is InChI=1S/9C5H12.C4H8O2/c9*1-3-5-4-2;1-3-6-4(2)5/h9*3-5H2,1-2H3;3H2,1-2H3. The van der Waals surface area contributed by atoms with Crippen LogP contribution in [0.15, 0.2) is 0 Å². The van der Waals surface area contributed by atoms with Crippen LogP contribution in [0.3, 0.4) is 0 Å². The van der Waals surface area contributed by atoms with Gasteiger partial charge < -0.3 is 4.74 Å². The lowest BCUT2D eigenvalue weighted by Gasteiger charge is -1.89. The normalized spacial score (nSPS) is 8.31. The molecule has 324 valence electrons. The van der Waals surface area contributed by atoms with Gasteiger partial charge in [-0.15, -0.1) is 0 Å². The predicted molar refractivity (Wildman–Crippen MR) is 249 cm³/mol. The largest absolute Gasteiger partial charge is 0.466 e. The maximum atomic E-state index is 9.82. The molecule has 0 saturated heterocycles. The quantitative estimate of drug-likeness (QED) is 0.123. The summed E-state index contributed by atoms with van der Waals surface area (Å²) in [6.07, 6.45) is 36.7. The van der Waals surface area contributed by atoms with E-state index in [1.54, 1.807) is 6.92 Å². The van der Waals surface area contributed by atoms with E-state index in [2.05, 4.69) is 129 Å². The maximum Gasteiger partial charge on any atom is 0.302 e. The molecule has 0 aromatic heterocycles. The molecular formula is C49H116O2. The Morgan fingerprint density at radius 3 is 0.353 bits per heavy atom. The summed E-state index contributed by atoms with van der Waals surface area (Å²) in [6, 6.07) is 0. The molecule has 0 aliphatic rings. The minimum absolute atomic E-state index is 0.211. The fourth-order valence-electron chi connectivity index (χ4n) is 3.39. The molecule has 0 radical (unpaired) electrons. The fourth-order valence-corrected chi connectivity index (χ4v) is 3.39. The van der Waals surface area contributed by atoms with Crippen LogP contribution in [0.4, 0.5) is 0 Å². The first kappa shape index (κ1) is 75.4. The van der Waals surface area contributed by atoms with Gasteiger partial charge in [0.1, 0.15) is 0 Å². The van der Waals surface area contributed by atoms with Crippen LogP contribution in [0, 0.1) is 0 Å². The molecule has 0 N–H and O–H groups in total. The van der Waals surface area contributed by atoms with E-state index in [0.29, 0.717) is 6.61 Å². The molecular weight excluding hydrogens is 621 g/mol. The van der Waals surface area contributed by atoms with E-state index in [0.717, 1.165) is 0 Å². The van der Waals surface area contributed by atoms with E-state index in [9.17, 15) is 4.79 Å². The molecule has 0 fully saturated rings. The molecule has 2 heteroatoms. The zero-order valence-electron chi connectivity index (χ0n) is 41.1. The fraction of sp³-hybridized carbons (Fsp3) is 0.980. The van der Waals surface area contributed by atoms with E-state index in [1.165, 1.54) is 180 Å². The summed E-state index contributed by atoms with van der Waals surface area (Å²) in [5.74, 6) is -0.211. The first-order valence-electron chi connectivity index (χ1n) is 23.6. The lowest BCUT2D eigenvalue weighted by Crippen LogP contribution is -1.95. The van der Waals surface area contributed by atoms with Gasteiger partial charge in [-0.3, -0.25) is 4.79 Å². The highest BCUT2D eigenvalue weighted by Gasteiger charge is 1.81. The molecule has 0 unspecified atom stereocenters. The Labute approximate surface area is 333 Å². The third kappa shape index (κ3) is 266. The molecule has 51 heavy (non-hydrogen) atoms. The summed E-state index contributed by atoms with van der Waals surface area (Å²) in [7, 11) is 0. The Bertz CT molecular complexity index is 264. The highest BCUT2D eigenvalue weighted by molar-refractivity contribution is 5.65. The van der Waals surface area contributed by atoms with Crippen molar-refractivity contribution in [3.8, 4) is 0 Å². The van der Waals surface area contributed by atoms with Crippen LogP contribution >= 0.6 is 0 Å². The van der Waals surface area contributed by atoms with Gasteiger partial charge in [0.05, 0.1) is 6.61 Å². The molecule has 0 bridgehead atoms. The second kappa shape index (κ2) is 117. The van der Waals surface area contributed by atoms with Crippen LogP contribution in [0.1, 0.15) is 312 Å². The molecule has 0 spiro atoms. The molecule has 0 rings (SSSR count). The van der Waals surface area contributed by atoms with Crippen molar-refractivity contribution in [3.05, 3.63) is 0 Å². The van der Waals surface area contributed by atoms with Crippen LogP contribution in [-0.2, 0) is 9.53 Å². The van der Waals surface area contributed by atoms with E-state index in [1.807, 2.05) is 0 Å². The van der Waals surface area contributed by atoms with Crippen molar-refractivity contribution in [3.63, 3.8) is 0 Å². The van der Waals surface area contributed by atoms with E-state index >= 15 is 0 Å². The third-order valence-electron chi connectivity index (χ3n) is 6.71. The Kier molecular flexibility index (Phi) is 174. The van der Waals surface area contributed by atoms with Gasteiger partial charge in [0.15, 0.2) is 0 Å². The van der Waals surface area contributed by atoms with E-state index in [-0.39, 0.29) is 5.97 Å². The predicted octanol–water partition coefficient (Wildman–Crippen LogP) is 20.3. The van der Waals surface area contributed by atoms with Crippen molar-refractivity contribution < 1.29 is 9.53 Å². The zero-order valence-corrected chi connectivity index (χ0v) is 41.1. The summed E-state index contributed by atoms with van der Waals surface area (Å²) >= 11 is 0. The van der Waals surface area contributed by atoms with Gasteiger partial charge in [-0.25, -0.2) is 0 Å². The summed E-state index contributed by atoms with van der Waals surface area (Å²) in [6.45, 7) is 43.5. The highest BCUT2D eigenvalue weighted by atomic mass is 16.5. The number of unbranched alkanes of at least 4 members (excludes halogenated alkanes) is 18. The molecule has 2 nitrogen and oxygen atoms in total. The van der Waals surface area contributed by atoms with Gasteiger partial charge in [-0.1, -0.05) is 298 Å². The van der Waals surface area contributed by atoms with Crippen LogP contribution < -0.4 is 0 Å². The maximum absolute atomic E-state index is 9.82. The van der Waals surface area contributed by atoms with Crippen molar-refractivity contribution >= 4 is 5.97 Å². The minimum Gasteiger partial charge on any atom is -0.466 e. The van der Waals surface area contributed by atoms with Crippen molar-refractivity contribution in [1.29, 1.82) is 0 Å². The van der Waals surface area contributed by atoms with Crippen LogP contribution in [0.2, 0.25) is 0 Å². The Morgan fingerprint density at radius 2 is 0.353 bits per heavy atom. The lowest BCUT2D eigenvalue weighted by atomic mass is 10.3. The summed E-state index contributed by atoms with van der Waals surface area (Å²) in [5.41, 5.74) is 0. The number of hydrogen-bond acceptors (Lipinski definition) is 2. The Hall–Kier alpha value is -0.530. The zero-order chi connectivity index (χ0) is 42.1. The highest BCUT2D eigenvalue weighted by Crippen LogP contribution is 1.92. The van der Waals surface area contributed by atoms with Crippen LogP contribution in [0.5, 0.6) is 0 Å². The second-order valence-electron chi connectivity index (χ2n) is 13.1. The van der Waals surface area contributed by atoms with Crippen molar-refractivity contribution in [2.24, 2.45) is 0 Å². The number of hydrogen-bond donors (Lipinski definition) is 0. The molecule has 0 aromatic rings. The van der Waals surface area contributed by atoms with Crippen molar-refractivity contribution in [2.75, 3.05) is 6.61 Å². The molecule has 0 atom stereocenters. The van der Waals surface area contributed by atoms with Gasteiger partial charge in [0, 0.05) is 6.92 Å². The lowest BCUT2D eigenvalue weighted by molar-refractivity contribution is -0.140. The first-order valence-corrected chi connectivity index (χ1v) is 23.6. The van der Waals surface area contributed by atoms with Crippen molar-refractivity contribution in [2.45, 2.75) is 312 Å². The number of rotatable bonds is 19. The number of ether oxygens (including phenoxy) is 1. The molecule has 0 heterocycles. The van der Waals surface area contributed by atoms with Gasteiger partial charge in [-0.2, -0.15) is 0 Å². The number of carbonyl (C=O) groups excluding carboxylic acids is 1. The van der Waals surface area contributed by atoms with Gasteiger partial charge in [0.25, 0.3) is 0 Å². The smallest absolute Gasteiger partial charge is 0.302 e. The second-order valence-corrected chi connectivity index (χ2v) is 13.1. The monoisotopic (exact) mass is 737 g/mol. The topological polar surface area (TPSA) is 26.3 Å². The van der Waals surface area contributed by atoms with E-state index < -0.39 is 0 Å². The third-order valence-corrected chi connectivity index (χ3v) is 6.71. The average molecular weight is 737 g/mol. The molecule has 0 aliphatic carbocycles.